The molecule has 1 aliphatic carbocycles. The Morgan fingerprint density at radius 2 is 1.96 bits per heavy atom. The standard InChI is InChI=1S/C18H25ClN2O4.ClH/c1-2-24-18(23)12-3-5-13(6-4-12)25-14-7-8-15(16(19)11-14)17(22)21-10-9-20;/h7-8,11-13H,2-6,9-10,20H2,1H3,(H,21,22);1H/t12-,13+;. The van der Waals surface area contributed by atoms with Gasteiger partial charge in [0.2, 0.25) is 0 Å². The van der Waals surface area contributed by atoms with E-state index >= 15 is 0 Å². The summed E-state index contributed by atoms with van der Waals surface area (Å²) < 4.78 is 11.0. The molecule has 0 aromatic heterocycles. The lowest BCUT2D eigenvalue weighted by atomic mass is 9.87. The van der Waals surface area contributed by atoms with Crippen LogP contribution in [0.2, 0.25) is 5.02 Å². The fraction of sp³-hybridized carbons (Fsp3) is 0.556. The van der Waals surface area contributed by atoms with Crippen molar-refractivity contribution in [3.05, 3.63) is 28.8 Å². The van der Waals surface area contributed by atoms with Crippen molar-refractivity contribution in [1.29, 1.82) is 0 Å². The molecule has 1 fully saturated rings. The Balaban J connectivity index is 0.00000338. The molecule has 8 heteroatoms. The van der Waals surface area contributed by atoms with Crippen LogP contribution in [-0.2, 0) is 9.53 Å². The van der Waals surface area contributed by atoms with E-state index in [1.807, 2.05) is 6.92 Å². The monoisotopic (exact) mass is 404 g/mol. The predicted molar refractivity (Wildman–Crippen MR) is 103 cm³/mol. The summed E-state index contributed by atoms with van der Waals surface area (Å²) in [6.07, 6.45) is 3.14. The van der Waals surface area contributed by atoms with E-state index in [1.165, 1.54) is 0 Å². The minimum Gasteiger partial charge on any atom is -0.490 e. The van der Waals surface area contributed by atoms with Crippen molar-refractivity contribution in [2.75, 3.05) is 19.7 Å². The molecule has 3 N–H and O–H groups in total. The second-order valence-electron chi connectivity index (χ2n) is 6.03. The molecular formula is C18H26Cl2N2O4. The largest absolute Gasteiger partial charge is 0.490 e. The molecule has 146 valence electrons. The fourth-order valence-electron chi connectivity index (χ4n) is 2.90. The Morgan fingerprint density at radius 3 is 2.54 bits per heavy atom. The van der Waals surface area contributed by atoms with Gasteiger partial charge >= 0.3 is 5.97 Å². The molecular weight excluding hydrogens is 379 g/mol. The maximum atomic E-state index is 11.9. The molecule has 0 saturated heterocycles. The van der Waals surface area contributed by atoms with E-state index in [0.717, 1.165) is 25.7 Å². The van der Waals surface area contributed by atoms with Crippen molar-refractivity contribution in [1.82, 2.24) is 5.32 Å². The number of carbonyl (C=O) groups excluding carboxylic acids is 2. The molecule has 1 saturated carbocycles. The van der Waals surface area contributed by atoms with E-state index in [0.29, 0.717) is 36.0 Å². The lowest BCUT2D eigenvalue weighted by Gasteiger charge is -2.27. The molecule has 0 radical (unpaired) electrons. The minimum atomic E-state index is -0.253. The topological polar surface area (TPSA) is 90.6 Å². The van der Waals surface area contributed by atoms with Gasteiger partial charge in [-0.25, -0.2) is 0 Å². The average Bonchev–Trinajstić information content (AvgIpc) is 2.60. The Hall–Kier alpha value is -1.50. The summed E-state index contributed by atoms with van der Waals surface area (Å²) in [7, 11) is 0. The molecule has 0 unspecified atom stereocenters. The zero-order valence-corrected chi connectivity index (χ0v) is 16.4. The first-order valence-electron chi connectivity index (χ1n) is 8.66. The third-order valence-electron chi connectivity index (χ3n) is 4.21. The van der Waals surface area contributed by atoms with Crippen LogP contribution in [-0.4, -0.2) is 37.7 Å². The van der Waals surface area contributed by atoms with Gasteiger partial charge in [0.05, 0.1) is 29.2 Å². The predicted octanol–water partition coefficient (Wildman–Crippen LogP) is 2.95. The van der Waals surface area contributed by atoms with Crippen LogP contribution in [0.1, 0.15) is 43.0 Å². The molecule has 1 amide bonds. The SMILES string of the molecule is CCOC(=O)[C@H]1CC[C@@H](Oc2ccc(C(=O)NCCN)c(Cl)c2)CC1.Cl. The Kier molecular flexibility index (Phi) is 9.76. The summed E-state index contributed by atoms with van der Waals surface area (Å²) >= 11 is 6.19. The van der Waals surface area contributed by atoms with Crippen molar-refractivity contribution in [2.45, 2.75) is 38.7 Å². The molecule has 0 heterocycles. The molecule has 0 aliphatic heterocycles. The number of hydrogen-bond acceptors (Lipinski definition) is 5. The quantitative estimate of drug-likeness (QED) is 0.681. The van der Waals surface area contributed by atoms with E-state index < -0.39 is 0 Å². The van der Waals surface area contributed by atoms with Gasteiger partial charge in [-0.2, -0.15) is 0 Å². The highest BCUT2D eigenvalue weighted by atomic mass is 35.5. The zero-order valence-electron chi connectivity index (χ0n) is 14.8. The lowest BCUT2D eigenvalue weighted by molar-refractivity contribution is -0.149. The number of carbonyl (C=O) groups is 2. The number of halogens is 2. The minimum absolute atomic E-state index is 0. The van der Waals surface area contributed by atoms with Crippen LogP contribution >= 0.6 is 24.0 Å². The highest BCUT2D eigenvalue weighted by Gasteiger charge is 2.28. The van der Waals surface area contributed by atoms with Gasteiger partial charge in [-0.3, -0.25) is 9.59 Å². The van der Waals surface area contributed by atoms with E-state index in [1.54, 1.807) is 18.2 Å². The first kappa shape index (κ1) is 22.5. The van der Waals surface area contributed by atoms with Crippen LogP contribution in [0.5, 0.6) is 5.75 Å². The molecule has 2 rings (SSSR count). The Morgan fingerprint density at radius 1 is 1.27 bits per heavy atom. The fourth-order valence-corrected chi connectivity index (χ4v) is 3.16. The van der Waals surface area contributed by atoms with Crippen molar-refractivity contribution < 1.29 is 19.1 Å². The second kappa shape index (κ2) is 11.3. The molecule has 26 heavy (non-hydrogen) atoms. The van der Waals surface area contributed by atoms with Crippen LogP contribution in [0.15, 0.2) is 18.2 Å². The summed E-state index contributed by atoms with van der Waals surface area (Å²) in [6, 6.07) is 5.03. The molecule has 0 atom stereocenters. The van der Waals surface area contributed by atoms with Gasteiger partial charge in [0, 0.05) is 13.1 Å². The van der Waals surface area contributed by atoms with Crippen LogP contribution in [0.3, 0.4) is 0 Å². The van der Waals surface area contributed by atoms with Crippen LogP contribution < -0.4 is 15.8 Å². The maximum absolute atomic E-state index is 11.9. The number of nitrogens with two attached hydrogens (primary N) is 1. The molecule has 0 bridgehead atoms. The first-order chi connectivity index (χ1) is 12.0. The highest BCUT2D eigenvalue weighted by molar-refractivity contribution is 6.34. The summed E-state index contributed by atoms with van der Waals surface area (Å²) in [5.41, 5.74) is 5.77. The number of hydrogen-bond donors (Lipinski definition) is 2. The van der Waals surface area contributed by atoms with Crippen LogP contribution in [0.25, 0.3) is 0 Å². The molecule has 1 aromatic carbocycles. The second-order valence-corrected chi connectivity index (χ2v) is 6.44. The van der Waals surface area contributed by atoms with Gasteiger partial charge in [0.15, 0.2) is 0 Å². The first-order valence-corrected chi connectivity index (χ1v) is 9.04. The number of rotatable bonds is 7. The van der Waals surface area contributed by atoms with E-state index in [2.05, 4.69) is 5.32 Å². The zero-order chi connectivity index (χ0) is 18.2. The van der Waals surface area contributed by atoms with Crippen molar-refractivity contribution in [3.8, 4) is 5.75 Å². The van der Waals surface area contributed by atoms with Gasteiger partial charge in [0.25, 0.3) is 5.91 Å². The summed E-state index contributed by atoms with van der Waals surface area (Å²) in [4.78, 5) is 23.7. The number of ether oxygens (including phenoxy) is 2. The van der Waals surface area contributed by atoms with E-state index in [9.17, 15) is 9.59 Å². The summed E-state index contributed by atoms with van der Waals surface area (Å²) in [5, 5.41) is 3.02. The summed E-state index contributed by atoms with van der Waals surface area (Å²) in [6.45, 7) is 3.01. The van der Waals surface area contributed by atoms with Crippen molar-refractivity contribution in [2.24, 2.45) is 11.7 Å². The number of esters is 1. The summed E-state index contributed by atoms with van der Waals surface area (Å²) in [5.74, 6) is 0.228. The number of nitrogens with one attached hydrogen (secondary N) is 1. The van der Waals surface area contributed by atoms with Gasteiger partial charge in [-0.15, -0.1) is 12.4 Å². The normalized spacial score (nSPS) is 19.2. The third kappa shape index (κ3) is 6.34. The lowest BCUT2D eigenvalue weighted by Crippen LogP contribution is -2.29. The van der Waals surface area contributed by atoms with Crippen molar-refractivity contribution in [3.63, 3.8) is 0 Å². The smallest absolute Gasteiger partial charge is 0.308 e. The van der Waals surface area contributed by atoms with E-state index in [-0.39, 0.29) is 36.3 Å². The molecule has 6 nitrogen and oxygen atoms in total. The van der Waals surface area contributed by atoms with Crippen LogP contribution in [0, 0.1) is 5.92 Å². The van der Waals surface area contributed by atoms with Gasteiger partial charge in [-0.1, -0.05) is 11.6 Å². The average molecular weight is 405 g/mol. The van der Waals surface area contributed by atoms with Gasteiger partial charge < -0.3 is 20.5 Å². The Labute approximate surface area is 165 Å². The third-order valence-corrected chi connectivity index (χ3v) is 4.52. The van der Waals surface area contributed by atoms with Gasteiger partial charge in [0.1, 0.15) is 5.75 Å². The van der Waals surface area contributed by atoms with Crippen molar-refractivity contribution >= 4 is 35.9 Å². The van der Waals surface area contributed by atoms with Gasteiger partial charge in [-0.05, 0) is 50.8 Å². The van der Waals surface area contributed by atoms with E-state index in [4.69, 9.17) is 26.8 Å². The molecule has 0 spiro atoms. The molecule has 1 aromatic rings. The molecule has 1 aliphatic rings. The maximum Gasteiger partial charge on any atom is 0.308 e. The number of benzene rings is 1. The van der Waals surface area contributed by atoms with Crippen LogP contribution in [0.4, 0.5) is 0 Å². The highest BCUT2D eigenvalue weighted by Crippen LogP contribution is 2.30. The number of amides is 1. The Bertz CT molecular complexity index is 605.